The molecule has 2 rings (SSSR count). The van der Waals surface area contributed by atoms with Crippen LogP contribution in [-0.2, 0) is 0 Å². The number of aromatic hydroxyl groups is 1. The molecular weight excluding hydrogens is 226 g/mol. The van der Waals surface area contributed by atoms with Gasteiger partial charge in [0, 0.05) is 5.56 Å². The molecule has 0 aromatic heterocycles. The van der Waals surface area contributed by atoms with Crippen LogP contribution in [0.15, 0.2) is 54.6 Å². The molecule has 0 unspecified atom stereocenters. The van der Waals surface area contributed by atoms with Crippen molar-refractivity contribution in [2.24, 2.45) is 0 Å². The van der Waals surface area contributed by atoms with E-state index in [1.165, 1.54) is 12.1 Å². The lowest BCUT2D eigenvalue weighted by atomic mass is 10.1. The molecule has 0 saturated carbocycles. The van der Waals surface area contributed by atoms with Crippen LogP contribution in [0.2, 0.25) is 0 Å². The molecular formula is C15H15NO2. The minimum absolute atomic E-state index is 0.0486. The Balaban J connectivity index is 2.06. The highest BCUT2D eigenvalue weighted by Crippen LogP contribution is 2.14. The van der Waals surface area contributed by atoms with Crippen LogP contribution in [0, 0.1) is 0 Å². The van der Waals surface area contributed by atoms with Crippen LogP contribution in [0.5, 0.6) is 5.75 Å². The molecule has 0 aliphatic carbocycles. The Hall–Kier alpha value is -2.29. The van der Waals surface area contributed by atoms with Gasteiger partial charge in [-0.1, -0.05) is 30.3 Å². The molecule has 92 valence electrons. The van der Waals surface area contributed by atoms with Gasteiger partial charge in [0.2, 0.25) is 0 Å². The van der Waals surface area contributed by atoms with E-state index >= 15 is 0 Å². The third kappa shape index (κ3) is 2.88. The van der Waals surface area contributed by atoms with Crippen LogP contribution < -0.4 is 5.32 Å². The lowest BCUT2D eigenvalue weighted by molar-refractivity contribution is 0.0940. The summed E-state index contributed by atoms with van der Waals surface area (Å²) in [4.78, 5) is 11.9. The zero-order chi connectivity index (χ0) is 13.0. The zero-order valence-corrected chi connectivity index (χ0v) is 10.1. The first-order valence-electron chi connectivity index (χ1n) is 5.81. The van der Waals surface area contributed by atoms with Crippen LogP contribution in [0.3, 0.4) is 0 Å². The molecule has 2 aromatic carbocycles. The summed E-state index contributed by atoms with van der Waals surface area (Å²) in [6.45, 7) is 1.94. The van der Waals surface area contributed by atoms with E-state index in [1.54, 1.807) is 12.1 Å². The number of nitrogens with one attached hydrogen (secondary N) is 1. The minimum Gasteiger partial charge on any atom is -0.508 e. The molecule has 3 nitrogen and oxygen atoms in total. The number of phenolic OH excluding ortho intramolecular Hbond substituents is 1. The third-order valence-corrected chi connectivity index (χ3v) is 2.78. The Bertz CT molecular complexity index is 520. The maximum atomic E-state index is 11.9. The summed E-state index contributed by atoms with van der Waals surface area (Å²) >= 11 is 0. The van der Waals surface area contributed by atoms with E-state index in [0.717, 1.165) is 5.56 Å². The average molecular weight is 241 g/mol. The summed E-state index contributed by atoms with van der Waals surface area (Å²) in [6.07, 6.45) is 0. The number of hydrogen-bond donors (Lipinski definition) is 2. The highest BCUT2D eigenvalue weighted by molar-refractivity contribution is 5.94. The van der Waals surface area contributed by atoms with Gasteiger partial charge in [0.05, 0.1) is 6.04 Å². The molecule has 0 aliphatic rings. The fourth-order valence-electron chi connectivity index (χ4n) is 1.72. The topological polar surface area (TPSA) is 49.3 Å². The van der Waals surface area contributed by atoms with Gasteiger partial charge in [-0.25, -0.2) is 0 Å². The summed E-state index contributed by atoms with van der Waals surface area (Å²) in [7, 11) is 0. The molecule has 0 aliphatic heterocycles. The van der Waals surface area contributed by atoms with Gasteiger partial charge in [-0.05, 0) is 36.8 Å². The molecule has 18 heavy (non-hydrogen) atoms. The molecule has 0 bridgehead atoms. The largest absolute Gasteiger partial charge is 0.508 e. The second-order valence-electron chi connectivity index (χ2n) is 4.15. The van der Waals surface area contributed by atoms with Crippen molar-refractivity contribution >= 4 is 5.91 Å². The van der Waals surface area contributed by atoms with E-state index in [0.29, 0.717) is 5.56 Å². The van der Waals surface area contributed by atoms with Gasteiger partial charge in [0.25, 0.3) is 5.91 Å². The van der Waals surface area contributed by atoms with Crippen molar-refractivity contribution in [3.05, 3.63) is 65.7 Å². The first-order valence-corrected chi connectivity index (χ1v) is 5.81. The number of benzene rings is 2. The maximum Gasteiger partial charge on any atom is 0.251 e. The molecule has 0 fully saturated rings. The van der Waals surface area contributed by atoms with Crippen LogP contribution in [-0.4, -0.2) is 11.0 Å². The predicted molar refractivity (Wildman–Crippen MR) is 70.4 cm³/mol. The van der Waals surface area contributed by atoms with Crippen molar-refractivity contribution in [3.63, 3.8) is 0 Å². The third-order valence-electron chi connectivity index (χ3n) is 2.78. The Morgan fingerprint density at radius 2 is 1.67 bits per heavy atom. The fraction of sp³-hybridized carbons (Fsp3) is 0.133. The minimum atomic E-state index is -0.147. The van der Waals surface area contributed by atoms with Gasteiger partial charge in [-0.2, -0.15) is 0 Å². The first kappa shape index (κ1) is 12.2. The van der Waals surface area contributed by atoms with Gasteiger partial charge < -0.3 is 10.4 Å². The van der Waals surface area contributed by atoms with Crippen LogP contribution in [0.25, 0.3) is 0 Å². The second kappa shape index (κ2) is 5.36. The van der Waals surface area contributed by atoms with Crippen molar-refractivity contribution in [1.29, 1.82) is 0 Å². The Morgan fingerprint density at radius 1 is 1.06 bits per heavy atom. The highest BCUT2D eigenvalue weighted by Gasteiger charge is 2.10. The Morgan fingerprint density at radius 3 is 2.28 bits per heavy atom. The fourth-order valence-corrected chi connectivity index (χ4v) is 1.72. The number of rotatable bonds is 3. The normalized spacial score (nSPS) is 11.8. The summed E-state index contributed by atoms with van der Waals surface area (Å²) in [5, 5.41) is 12.1. The average Bonchev–Trinajstić information content (AvgIpc) is 2.40. The van der Waals surface area contributed by atoms with Gasteiger partial charge in [-0.3, -0.25) is 4.79 Å². The molecule has 3 heteroatoms. The summed E-state index contributed by atoms with van der Waals surface area (Å²) < 4.78 is 0. The Labute approximate surface area is 106 Å². The SMILES string of the molecule is C[C@@H](NC(=O)c1ccc(O)cc1)c1ccccc1. The van der Waals surface area contributed by atoms with Gasteiger partial charge in [-0.15, -0.1) is 0 Å². The predicted octanol–water partition coefficient (Wildman–Crippen LogP) is 2.88. The molecule has 2 aromatic rings. The van der Waals surface area contributed by atoms with Crippen molar-refractivity contribution in [2.75, 3.05) is 0 Å². The number of phenols is 1. The quantitative estimate of drug-likeness (QED) is 0.868. The first-order chi connectivity index (χ1) is 8.66. The van der Waals surface area contributed by atoms with Crippen LogP contribution in [0.4, 0.5) is 0 Å². The van der Waals surface area contributed by atoms with Crippen molar-refractivity contribution in [2.45, 2.75) is 13.0 Å². The summed E-state index contributed by atoms with van der Waals surface area (Å²) in [5.41, 5.74) is 1.60. The summed E-state index contributed by atoms with van der Waals surface area (Å²) in [5.74, 6) is 0.00834. The molecule has 1 amide bonds. The highest BCUT2D eigenvalue weighted by atomic mass is 16.3. The Kier molecular flexibility index (Phi) is 3.63. The van der Waals surface area contributed by atoms with Crippen molar-refractivity contribution in [1.82, 2.24) is 5.32 Å². The zero-order valence-electron chi connectivity index (χ0n) is 10.1. The summed E-state index contributed by atoms with van der Waals surface area (Å²) in [6, 6.07) is 15.9. The lowest BCUT2D eigenvalue weighted by Gasteiger charge is -2.14. The van der Waals surface area contributed by atoms with Crippen molar-refractivity contribution in [3.8, 4) is 5.75 Å². The van der Waals surface area contributed by atoms with Gasteiger partial charge >= 0.3 is 0 Å². The van der Waals surface area contributed by atoms with E-state index in [-0.39, 0.29) is 17.7 Å². The second-order valence-corrected chi connectivity index (χ2v) is 4.15. The molecule has 2 N–H and O–H groups in total. The molecule has 0 radical (unpaired) electrons. The molecule has 1 atom stereocenters. The smallest absolute Gasteiger partial charge is 0.251 e. The van der Waals surface area contributed by atoms with Crippen molar-refractivity contribution < 1.29 is 9.90 Å². The number of carbonyl (C=O) groups is 1. The molecule has 0 saturated heterocycles. The molecule has 0 spiro atoms. The van der Waals surface area contributed by atoms with Crippen LogP contribution >= 0.6 is 0 Å². The van der Waals surface area contributed by atoms with E-state index in [4.69, 9.17) is 5.11 Å². The van der Waals surface area contributed by atoms with Gasteiger partial charge in [0.15, 0.2) is 0 Å². The number of amides is 1. The van der Waals surface area contributed by atoms with E-state index < -0.39 is 0 Å². The molecule has 0 heterocycles. The lowest BCUT2D eigenvalue weighted by Crippen LogP contribution is -2.26. The monoisotopic (exact) mass is 241 g/mol. The van der Waals surface area contributed by atoms with E-state index in [1.807, 2.05) is 37.3 Å². The van der Waals surface area contributed by atoms with Crippen LogP contribution in [0.1, 0.15) is 28.9 Å². The standard InChI is InChI=1S/C15H15NO2/c1-11(12-5-3-2-4-6-12)16-15(18)13-7-9-14(17)10-8-13/h2-11,17H,1H3,(H,16,18)/t11-/m1/s1. The van der Waals surface area contributed by atoms with E-state index in [2.05, 4.69) is 5.32 Å². The number of carbonyl (C=O) groups excluding carboxylic acids is 1. The van der Waals surface area contributed by atoms with Gasteiger partial charge in [0.1, 0.15) is 5.75 Å². The maximum absolute atomic E-state index is 11.9. The number of hydrogen-bond acceptors (Lipinski definition) is 2. The van der Waals surface area contributed by atoms with E-state index in [9.17, 15) is 4.79 Å².